The molecule has 0 aliphatic heterocycles. The van der Waals surface area contributed by atoms with Gasteiger partial charge in [-0.05, 0) is 29.8 Å². The van der Waals surface area contributed by atoms with Crippen molar-refractivity contribution in [3.05, 3.63) is 69.3 Å². The van der Waals surface area contributed by atoms with Crippen molar-refractivity contribution in [2.24, 2.45) is 0 Å². The molecule has 0 spiro atoms. The summed E-state index contributed by atoms with van der Waals surface area (Å²) in [5.41, 5.74) is 1.42. The van der Waals surface area contributed by atoms with E-state index in [9.17, 15) is 9.59 Å². The average Bonchev–Trinajstić information content (AvgIpc) is 2.98. The number of hydrogen-bond acceptors (Lipinski definition) is 4. The van der Waals surface area contributed by atoms with Gasteiger partial charge in [0.05, 0.1) is 11.6 Å². The van der Waals surface area contributed by atoms with Crippen LogP contribution >= 0.6 is 0 Å². The van der Waals surface area contributed by atoms with Crippen LogP contribution in [0.5, 0.6) is 0 Å². The van der Waals surface area contributed by atoms with Crippen LogP contribution in [-0.2, 0) is 0 Å². The minimum atomic E-state index is -0.759. The molecule has 0 aliphatic carbocycles. The normalized spacial score (nSPS) is 11.2. The van der Waals surface area contributed by atoms with E-state index in [0.717, 1.165) is 22.1 Å². The number of H-pyrrole nitrogens is 1. The van der Waals surface area contributed by atoms with Crippen molar-refractivity contribution in [3.8, 4) is 11.1 Å². The molecule has 5 heteroatoms. The first kappa shape index (κ1) is 11.7. The van der Waals surface area contributed by atoms with Crippen molar-refractivity contribution in [1.29, 1.82) is 0 Å². The molecule has 1 N–H and O–H groups in total. The Balaban J connectivity index is 2.08. The minimum Gasteiger partial charge on any atom is -0.464 e. The van der Waals surface area contributed by atoms with Gasteiger partial charge in [-0.1, -0.05) is 18.2 Å². The lowest BCUT2D eigenvalue weighted by Crippen LogP contribution is -2.25. The smallest absolute Gasteiger partial charge is 0.325 e. The number of furan rings is 1. The van der Waals surface area contributed by atoms with E-state index in [4.69, 9.17) is 8.94 Å². The lowest BCUT2D eigenvalue weighted by Gasteiger charge is -2.04. The molecule has 0 bridgehead atoms. The minimum absolute atomic E-state index is 0.267. The standard InChI is InChI=1S/C16H9NO4/c18-14-12-3-1-2-11(15(12)21-17-16(14)19)9-4-5-13-10(8-9)6-7-20-13/h1-8H,(H,17,19). The highest BCUT2D eigenvalue weighted by molar-refractivity contribution is 5.94. The molecule has 0 amide bonds. The molecule has 0 atom stereocenters. The molecule has 5 nitrogen and oxygen atoms in total. The Morgan fingerprint density at radius 1 is 1.00 bits per heavy atom. The van der Waals surface area contributed by atoms with Crippen LogP contribution in [0.15, 0.2) is 67.3 Å². The van der Waals surface area contributed by atoms with Gasteiger partial charge in [-0.3, -0.25) is 9.59 Å². The van der Waals surface area contributed by atoms with Crippen molar-refractivity contribution >= 4 is 21.9 Å². The van der Waals surface area contributed by atoms with Gasteiger partial charge in [0.15, 0.2) is 5.58 Å². The van der Waals surface area contributed by atoms with Crippen LogP contribution in [0.25, 0.3) is 33.1 Å². The second-order valence-corrected chi connectivity index (χ2v) is 4.72. The Morgan fingerprint density at radius 2 is 1.90 bits per heavy atom. The second kappa shape index (κ2) is 4.21. The van der Waals surface area contributed by atoms with Crippen molar-refractivity contribution in [3.63, 3.8) is 0 Å². The summed E-state index contributed by atoms with van der Waals surface area (Å²) in [6.07, 6.45) is 1.62. The van der Waals surface area contributed by atoms with Crippen LogP contribution in [-0.4, -0.2) is 5.16 Å². The molecule has 0 fully saturated rings. The van der Waals surface area contributed by atoms with E-state index >= 15 is 0 Å². The number of para-hydroxylation sites is 1. The number of aromatic nitrogens is 1. The predicted molar refractivity (Wildman–Crippen MR) is 78.3 cm³/mol. The molecular formula is C16H9NO4. The highest BCUT2D eigenvalue weighted by atomic mass is 16.5. The number of benzene rings is 2. The summed E-state index contributed by atoms with van der Waals surface area (Å²) < 4.78 is 10.6. The quantitative estimate of drug-likeness (QED) is 0.543. The molecular weight excluding hydrogens is 270 g/mol. The van der Waals surface area contributed by atoms with Crippen molar-refractivity contribution in [2.45, 2.75) is 0 Å². The Kier molecular flexibility index (Phi) is 2.35. The van der Waals surface area contributed by atoms with E-state index in [1.807, 2.05) is 30.3 Å². The van der Waals surface area contributed by atoms with Crippen molar-refractivity contribution in [2.75, 3.05) is 0 Å². The third kappa shape index (κ3) is 1.71. The first-order chi connectivity index (χ1) is 10.2. The first-order valence-corrected chi connectivity index (χ1v) is 6.36. The van der Waals surface area contributed by atoms with Crippen molar-refractivity contribution < 1.29 is 8.94 Å². The van der Waals surface area contributed by atoms with Crippen LogP contribution in [0, 0.1) is 0 Å². The molecule has 0 aliphatic rings. The summed E-state index contributed by atoms with van der Waals surface area (Å²) >= 11 is 0. The summed E-state index contributed by atoms with van der Waals surface area (Å²) in [4.78, 5) is 23.2. The van der Waals surface area contributed by atoms with Gasteiger partial charge in [-0.15, -0.1) is 0 Å². The zero-order valence-electron chi connectivity index (χ0n) is 10.8. The van der Waals surface area contributed by atoms with Crippen LogP contribution in [0.2, 0.25) is 0 Å². The predicted octanol–water partition coefficient (Wildman–Crippen LogP) is 2.89. The number of aromatic amines is 1. The van der Waals surface area contributed by atoms with Gasteiger partial charge >= 0.3 is 5.56 Å². The van der Waals surface area contributed by atoms with Gasteiger partial charge in [0.25, 0.3) is 5.43 Å². The van der Waals surface area contributed by atoms with Gasteiger partial charge in [0, 0.05) is 10.9 Å². The lowest BCUT2D eigenvalue weighted by molar-refractivity contribution is 0.431. The van der Waals surface area contributed by atoms with Crippen LogP contribution < -0.4 is 11.0 Å². The van der Waals surface area contributed by atoms with Gasteiger partial charge in [0.1, 0.15) is 5.58 Å². The Labute approximate surface area is 117 Å². The number of fused-ring (bicyclic) bond motifs is 2. The molecule has 0 unspecified atom stereocenters. The van der Waals surface area contributed by atoms with Gasteiger partial charge in [-0.25, -0.2) is 0 Å². The fourth-order valence-electron chi connectivity index (χ4n) is 2.45. The number of rotatable bonds is 1. The molecule has 2 heterocycles. The molecule has 4 rings (SSSR count). The maximum absolute atomic E-state index is 11.9. The van der Waals surface area contributed by atoms with E-state index < -0.39 is 11.0 Å². The largest absolute Gasteiger partial charge is 0.464 e. The third-order valence-corrected chi connectivity index (χ3v) is 3.48. The van der Waals surface area contributed by atoms with E-state index in [0.29, 0.717) is 5.58 Å². The molecule has 0 radical (unpaired) electrons. The fraction of sp³-hybridized carbons (Fsp3) is 0. The molecule has 0 saturated heterocycles. The molecule has 4 aromatic rings. The summed E-state index contributed by atoms with van der Waals surface area (Å²) in [5.74, 6) is 0. The zero-order valence-corrected chi connectivity index (χ0v) is 10.8. The maximum atomic E-state index is 11.9. The van der Waals surface area contributed by atoms with E-state index in [2.05, 4.69) is 5.16 Å². The van der Waals surface area contributed by atoms with Crippen molar-refractivity contribution in [1.82, 2.24) is 5.16 Å². The monoisotopic (exact) mass is 279 g/mol. The van der Waals surface area contributed by atoms with Gasteiger partial charge in [0.2, 0.25) is 0 Å². The molecule has 21 heavy (non-hydrogen) atoms. The van der Waals surface area contributed by atoms with E-state index in [-0.39, 0.29) is 5.39 Å². The zero-order chi connectivity index (χ0) is 14.4. The fourth-order valence-corrected chi connectivity index (χ4v) is 2.45. The van der Waals surface area contributed by atoms with Crippen LogP contribution in [0.3, 0.4) is 0 Å². The Bertz CT molecular complexity index is 1080. The Hall–Kier alpha value is -3.08. The van der Waals surface area contributed by atoms with E-state index in [1.165, 1.54) is 0 Å². The summed E-state index contributed by atoms with van der Waals surface area (Å²) in [5, 5.41) is 3.35. The number of hydrogen-bond donors (Lipinski definition) is 1. The molecule has 2 aromatic heterocycles. The van der Waals surface area contributed by atoms with Gasteiger partial charge < -0.3 is 8.94 Å². The SMILES string of the molecule is O=c1[nH]oc2c(-c3ccc4occc4c3)cccc2c1=O. The molecule has 0 saturated carbocycles. The summed E-state index contributed by atoms with van der Waals surface area (Å²) in [6, 6.07) is 12.7. The second-order valence-electron chi connectivity index (χ2n) is 4.72. The Morgan fingerprint density at radius 3 is 2.81 bits per heavy atom. The first-order valence-electron chi connectivity index (χ1n) is 6.36. The van der Waals surface area contributed by atoms with Crippen LogP contribution in [0.4, 0.5) is 0 Å². The van der Waals surface area contributed by atoms with E-state index in [1.54, 1.807) is 18.4 Å². The average molecular weight is 279 g/mol. The lowest BCUT2D eigenvalue weighted by atomic mass is 10.0. The third-order valence-electron chi connectivity index (χ3n) is 3.48. The number of nitrogens with one attached hydrogen (secondary N) is 1. The topological polar surface area (TPSA) is 76.2 Å². The molecule has 2 aromatic carbocycles. The van der Waals surface area contributed by atoms with Gasteiger partial charge in [-0.2, -0.15) is 5.16 Å². The summed E-state index contributed by atoms with van der Waals surface area (Å²) in [7, 11) is 0. The maximum Gasteiger partial charge on any atom is 0.325 e. The molecule has 102 valence electrons. The van der Waals surface area contributed by atoms with Crippen LogP contribution in [0.1, 0.15) is 0 Å². The highest BCUT2D eigenvalue weighted by Gasteiger charge is 2.11. The highest BCUT2D eigenvalue weighted by Crippen LogP contribution is 2.29. The summed E-state index contributed by atoms with van der Waals surface area (Å²) in [6.45, 7) is 0.